The van der Waals surface area contributed by atoms with E-state index in [1.807, 2.05) is 18.2 Å². The molecule has 1 saturated carbocycles. The lowest BCUT2D eigenvalue weighted by molar-refractivity contribution is 0.1000. The van der Waals surface area contributed by atoms with Crippen molar-refractivity contribution in [2.24, 2.45) is 17.4 Å². The second-order valence-corrected chi connectivity index (χ2v) is 6.49. The van der Waals surface area contributed by atoms with Crippen molar-refractivity contribution in [2.45, 2.75) is 38.6 Å². The van der Waals surface area contributed by atoms with Gasteiger partial charge in [0.1, 0.15) is 0 Å². The molecule has 1 fully saturated rings. The van der Waals surface area contributed by atoms with Gasteiger partial charge in [-0.05, 0) is 60.3 Å². The molecule has 1 amide bonds. The number of primary amides is 1. The largest absolute Gasteiger partial charge is 0.368 e. The highest BCUT2D eigenvalue weighted by Gasteiger charge is 2.30. The number of halogens is 1. The molecular weight excluding hydrogens is 330 g/mol. The molecule has 2 rings (SSSR count). The zero-order valence-electron chi connectivity index (χ0n) is 12.5. The molecule has 0 bridgehead atoms. The number of hydrogen-bond donors (Lipinski definition) is 2. The lowest BCUT2D eigenvalue weighted by Gasteiger charge is -2.41. The van der Waals surface area contributed by atoms with Gasteiger partial charge >= 0.3 is 0 Å². The summed E-state index contributed by atoms with van der Waals surface area (Å²) in [6.45, 7) is 3.66. The van der Waals surface area contributed by atoms with E-state index in [9.17, 15) is 4.79 Å². The van der Waals surface area contributed by atoms with Crippen LogP contribution in [0.2, 0.25) is 0 Å². The second kappa shape index (κ2) is 7.27. The van der Waals surface area contributed by atoms with Crippen molar-refractivity contribution >= 4 is 27.5 Å². The number of amides is 1. The van der Waals surface area contributed by atoms with E-state index in [2.05, 4.69) is 27.8 Å². The van der Waals surface area contributed by atoms with Crippen LogP contribution in [0.1, 0.15) is 43.0 Å². The summed E-state index contributed by atoms with van der Waals surface area (Å²) in [7, 11) is 0. The fourth-order valence-corrected chi connectivity index (χ4v) is 4.00. The number of carbonyl (C=O) groups is 1. The van der Waals surface area contributed by atoms with Crippen LogP contribution in [0.5, 0.6) is 0 Å². The molecule has 21 heavy (non-hydrogen) atoms. The van der Waals surface area contributed by atoms with Gasteiger partial charge in [0.05, 0.1) is 11.3 Å². The van der Waals surface area contributed by atoms with Crippen LogP contribution >= 0.6 is 15.9 Å². The van der Waals surface area contributed by atoms with E-state index >= 15 is 0 Å². The molecule has 2 atom stereocenters. The first-order valence-corrected chi connectivity index (χ1v) is 8.44. The number of carbonyl (C=O) groups excluding carboxylic acids is 1. The Hall–Kier alpha value is -1.07. The van der Waals surface area contributed by atoms with E-state index in [1.54, 1.807) is 0 Å². The standard InChI is InChI=1S/C16H24BrN3O/c1-2-20(13-8-4-3-6-11(13)10-18)14-9-5-7-12(17)15(14)16(19)21/h5,7,9,11,13H,2-4,6,8,10,18H2,1H3,(H2,19,21). The third kappa shape index (κ3) is 3.40. The van der Waals surface area contributed by atoms with Gasteiger partial charge in [0.25, 0.3) is 5.91 Å². The molecule has 1 aromatic carbocycles. The third-order valence-corrected chi connectivity index (χ3v) is 5.12. The fraction of sp³-hybridized carbons (Fsp3) is 0.562. The van der Waals surface area contributed by atoms with Crippen molar-refractivity contribution in [3.63, 3.8) is 0 Å². The Morgan fingerprint density at radius 2 is 2.10 bits per heavy atom. The molecule has 0 saturated heterocycles. The van der Waals surface area contributed by atoms with Crippen molar-refractivity contribution in [3.8, 4) is 0 Å². The maximum atomic E-state index is 11.8. The predicted octanol–water partition coefficient (Wildman–Crippen LogP) is 2.89. The first-order valence-electron chi connectivity index (χ1n) is 7.65. The Morgan fingerprint density at radius 1 is 1.38 bits per heavy atom. The number of rotatable bonds is 5. The minimum Gasteiger partial charge on any atom is -0.368 e. The molecule has 5 heteroatoms. The zero-order chi connectivity index (χ0) is 15.4. The van der Waals surface area contributed by atoms with Gasteiger partial charge in [0, 0.05) is 17.1 Å². The van der Waals surface area contributed by atoms with Gasteiger partial charge in [-0.1, -0.05) is 18.9 Å². The monoisotopic (exact) mass is 353 g/mol. The molecule has 4 nitrogen and oxygen atoms in total. The van der Waals surface area contributed by atoms with Crippen molar-refractivity contribution in [1.29, 1.82) is 0 Å². The Morgan fingerprint density at radius 3 is 2.71 bits per heavy atom. The van der Waals surface area contributed by atoms with Crippen molar-refractivity contribution < 1.29 is 4.79 Å². The SMILES string of the molecule is CCN(c1cccc(Br)c1C(N)=O)C1CCCCC1CN. The van der Waals surface area contributed by atoms with E-state index in [1.165, 1.54) is 12.8 Å². The van der Waals surface area contributed by atoms with Gasteiger partial charge < -0.3 is 16.4 Å². The molecule has 1 aliphatic rings. The zero-order valence-corrected chi connectivity index (χ0v) is 14.1. The van der Waals surface area contributed by atoms with Gasteiger partial charge in [0.2, 0.25) is 0 Å². The summed E-state index contributed by atoms with van der Waals surface area (Å²) in [6, 6.07) is 6.19. The molecule has 0 aromatic heterocycles. The van der Waals surface area contributed by atoms with E-state index in [0.29, 0.717) is 24.1 Å². The lowest BCUT2D eigenvalue weighted by Crippen LogP contribution is -2.46. The van der Waals surface area contributed by atoms with Crippen LogP contribution in [0.3, 0.4) is 0 Å². The predicted molar refractivity (Wildman–Crippen MR) is 90.5 cm³/mol. The van der Waals surface area contributed by atoms with Crippen LogP contribution < -0.4 is 16.4 Å². The molecule has 0 radical (unpaired) electrons. The van der Waals surface area contributed by atoms with Gasteiger partial charge in [0.15, 0.2) is 0 Å². The molecule has 1 aliphatic carbocycles. The van der Waals surface area contributed by atoms with Crippen LogP contribution in [-0.2, 0) is 0 Å². The Bertz CT molecular complexity index is 506. The van der Waals surface area contributed by atoms with E-state index < -0.39 is 5.91 Å². The molecule has 4 N–H and O–H groups in total. The number of anilines is 1. The number of nitrogens with zero attached hydrogens (tertiary/aromatic N) is 1. The van der Waals surface area contributed by atoms with Crippen molar-refractivity contribution in [3.05, 3.63) is 28.2 Å². The fourth-order valence-electron chi connectivity index (χ4n) is 3.45. The third-order valence-electron chi connectivity index (χ3n) is 4.46. The van der Waals surface area contributed by atoms with Crippen LogP contribution in [0, 0.1) is 5.92 Å². The van der Waals surface area contributed by atoms with Crippen LogP contribution in [0.25, 0.3) is 0 Å². The lowest BCUT2D eigenvalue weighted by atomic mass is 9.83. The molecule has 0 heterocycles. The molecule has 1 aromatic rings. The van der Waals surface area contributed by atoms with Crippen molar-refractivity contribution in [1.82, 2.24) is 0 Å². The maximum absolute atomic E-state index is 11.8. The van der Waals surface area contributed by atoms with Crippen LogP contribution in [-0.4, -0.2) is 25.0 Å². The highest BCUT2D eigenvalue weighted by Crippen LogP contribution is 2.34. The average Bonchev–Trinajstić information content (AvgIpc) is 2.48. The highest BCUT2D eigenvalue weighted by molar-refractivity contribution is 9.10. The molecule has 2 unspecified atom stereocenters. The van der Waals surface area contributed by atoms with Gasteiger partial charge in [-0.3, -0.25) is 4.79 Å². The minimum atomic E-state index is -0.393. The Balaban J connectivity index is 2.41. The summed E-state index contributed by atoms with van der Waals surface area (Å²) in [5, 5.41) is 0. The Kier molecular flexibility index (Phi) is 5.65. The average molecular weight is 354 g/mol. The van der Waals surface area contributed by atoms with Gasteiger partial charge in [-0.2, -0.15) is 0 Å². The van der Waals surface area contributed by atoms with E-state index in [-0.39, 0.29) is 0 Å². The quantitative estimate of drug-likeness (QED) is 0.854. The van der Waals surface area contributed by atoms with E-state index in [0.717, 1.165) is 29.5 Å². The number of nitrogens with two attached hydrogens (primary N) is 2. The normalized spacial score (nSPS) is 22.0. The van der Waals surface area contributed by atoms with Gasteiger partial charge in [-0.25, -0.2) is 0 Å². The Labute approximate surface area is 135 Å². The van der Waals surface area contributed by atoms with Gasteiger partial charge in [-0.15, -0.1) is 0 Å². The summed E-state index contributed by atoms with van der Waals surface area (Å²) in [5.41, 5.74) is 13.0. The molecule has 0 aliphatic heterocycles. The molecule has 116 valence electrons. The summed E-state index contributed by atoms with van der Waals surface area (Å²) in [5.74, 6) is 0.0921. The summed E-state index contributed by atoms with van der Waals surface area (Å²) in [6.07, 6.45) is 4.76. The van der Waals surface area contributed by atoms with Crippen LogP contribution in [0.4, 0.5) is 5.69 Å². The minimum absolute atomic E-state index is 0.390. The molecular formula is C16H24BrN3O. The topological polar surface area (TPSA) is 72.3 Å². The second-order valence-electron chi connectivity index (χ2n) is 5.63. The summed E-state index contributed by atoms with van der Waals surface area (Å²) >= 11 is 3.45. The van der Waals surface area contributed by atoms with E-state index in [4.69, 9.17) is 11.5 Å². The number of hydrogen-bond acceptors (Lipinski definition) is 3. The first kappa shape index (κ1) is 16.3. The van der Waals surface area contributed by atoms with Crippen LogP contribution in [0.15, 0.2) is 22.7 Å². The summed E-state index contributed by atoms with van der Waals surface area (Å²) in [4.78, 5) is 14.1. The maximum Gasteiger partial charge on any atom is 0.251 e. The molecule has 0 spiro atoms. The smallest absolute Gasteiger partial charge is 0.251 e. The highest BCUT2D eigenvalue weighted by atomic mass is 79.9. The number of benzene rings is 1. The first-order chi connectivity index (χ1) is 10.1. The summed E-state index contributed by atoms with van der Waals surface area (Å²) < 4.78 is 0.756. The van der Waals surface area contributed by atoms with Crippen molar-refractivity contribution in [2.75, 3.05) is 18.0 Å².